The lowest BCUT2D eigenvalue weighted by molar-refractivity contribution is 0.0937. The van der Waals surface area contributed by atoms with Crippen LogP contribution in [0.1, 0.15) is 21.5 Å². The van der Waals surface area contributed by atoms with Gasteiger partial charge >= 0.3 is 0 Å². The molecule has 0 aliphatic heterocycles. The lowest BCUT2D eigenvalue weighted by atomic mass is 10.0. The van der Waals surface area contributed by atoms with Crippen molar-refractivity contribution >= 4 is 5.91 Å². The van der Waals surface area contributed by atoms with Gasteiger partial charge in [0.25, 0.3) is 5.91 Å². The summed E-state index contributed by atoms with van der Waals surface area (Å²) in [5.74, 6) is -0.0799. The van der Waals surface area contributed by atoms with Crippen LogP contribution in [0.25, 0.3) is 0 Å². The topological polar surface area (TPSA) is 64.3 Å². The molecule has 0 bridgehead atoms. The molecule has 88 valence electrons. The predicted octanol–water partition coefficient (Wildman–Crippen LogP) is 0.830. The highest BCUT2D eigenvalue weighted by Crippen LogP contribution is 2.10. The van der Waals surface area contributed by atoms with Gasteiger partial charge in [0.05, 0.1) is 6.61 Å². The number of aryl methyl sites for hydroxylation is 1. The summed E-state index contributed by atoms with van der Waals surface area (Å²) in [4.78, 5) is 11.7. The summed E-state index contributed by atoms with van der Waals surface area (Å²) in [6, 6.07) is 5.53. The zero-order valence-electron chi connectivity index (χ0n) is 9.75. The molecule has 0 heterocycles. The van der Waals surface area contributed by atoms with Gasteiger partial charge in [0, 0.05) is 25.8 Å². The van der Waals surface area contributed by atoms with Crippen molar-refractivity contribution in [1.82, 2.24) is 5.32 Å². The Labute approximate surface area is 95.8 Å². The molecule has 0 unspecified atom stereocenters. The fourth-order valence-corrected chi connectivity index (χ4v) is 1.43. The first-order chi connectivity index (χ1) is 7.69. The maximum atomic E-state index is 11.7. The van der Waals surface area contributed by atoms with Crippen molar-refractivity contribution < 1.29 is 9.53 Å². The molecule has 1 amide bonds. The van der Waals surface area contributed by atoms with Gasteiger partial charge in [0.15, 0.2) is 0 Å². The van der Waals surface area contributed by atoms with E-state index in [1.807, 2.05) is 19.1 Å². The Morgan fingerprint density at radius 3 is 2.81 bits per heavy atom. The van der Waals surface area contributed by atoms with E-state index in [1.54, 1.807) is 13.2 Å². The highest BCUT2D eigenvalue weighted by atomic mass is 16.5. The summed E-state index contributed by atoms with van der Waals surface area (Å²) in [5, 5.41) is 2.77. The SMILES string of the molecule is COCCNC(=O)c1ccc(CN)c(C)c1. The normalized spacial score (nSPS) is 10.2. The number of hydrogen-bond acceptors (Lipinski definition) is 3. The van der Waals surface area contributed by atoms with Crippen LogP contribution >= 0.6 is 0 Å². The van der Waals surface area contributed by atoms with E-state index in [0.717, 1.165) is 11.1 Å². The van der Waals surface area contributed by atoms with Gasteiger partial charge in [-0.05, 0) is 30.2 Å². The summed E-state index contributed by atoms with van der Waals surface area (Å²) >= 11 is 0. The Kier molecular flexibility index (Phi) is 4.95. The molecular formula is C12H18N2O2. The Hall–Kier alpha value is -1.39. The van der Waals surface area contributed by atoms with Crippen LogP contribution in [0.3, 0.4) is 0 Å². The van der Waals surface area contributed by atoms with E-state index in [-0.39, 0.29) is 5.91 Å². The minimum atomic E-state index is -0.0799. The van der Waals surface area contributed by atoms with Crippen LogP contribution in [0.5, 0.6) is 0 Å². The molecule has 0 aromatic heterocycles. The number of rotatable bonds is 5. The van der Waals surface area contributed by atoms with Crippen LogP contribution in [-0.4, -0.2) is 26.2 Å². The first-order valence-corrected chi connectivity index (χ1v) is 5.25. The number of benzene rings is 1. The fraction of sp³-hybridized carbons (Fsp3) is 0.417. The predicted molar refractivity (Wildman–Crippen MR) is 63.3 cm³/mol. The lowest BCUT2D eigenvalue weighted by Crippen LogP contribution is -2.27. The molecule has 0 radical (unpaired) electrons. The maximum Gasteiger partial charge on any atom is 0.251 e. The third kappa shape index (κ3) is 3.32. The number of ether oxygens (including phenoxy) is 1. The van der Waals surface area contributed by atoms with E-state index in [1.165, 1.54) is 0 Å². The van der Waals surface area contributed by atoms with Crippen molar-refractivity contribution in [2.45, 2.75) is 13.5 Å². The molecule has 0 spiro atoms. The summed E-state index contributed by atoms with van der Waals surface area (Å²) in [5.41, 5.74) is 8.32. The molecule has 1 aromatic carbocycles. The van der Waals surface area contributed by atoms with Gasteiger partial charge in [0.1, 0.15) is 0 Å². The molecule has 4 nitrogen and oxygen atoms in total. The second kappa shape index (κ2) is 6.25. The third-order valence-electron chi connectivity index (χ3n) is 2.42. The molecule has 0 saturated carbocycles. The van der Waals surface area contributed by atoms with E-state index < -0.39 is 0 Å². The molecule has 0 fully saturated rings. The average Bonchev–Trinajstić information content (AvgIpc) is 2.29. The van der Waals surface area contributed by atoms with Crippen molar-refractivity contribution in [3.63, 3.8) is 0 Å². The van der Waals surface area contributed by atoms with Crippen LogP contribution in [0, 0.1) is 6.92 Å². The summed E-state index contributed by atoms with van der Waals surface area (Å²) in [6.07, 6.45) is 0. The molecule has 1 aromatic rings. The van der Waals surface area contributed by atoms with Crippen molar-refractivity contribution in [3.8, 4) is 0 Å². The number of nitrogens with one attached hydrogen (secondary N) is 1. The Bertz CT molecular complexity index is 364. The van der Waals surface area contributed by atoms with Gasteiger partial charge in [0.2, 0.25) is 0 Å². The third-order valence-corrected chi connectivity index (χ3v) is 2.42. The second-order valence-electron chi connectivity index (χ2n) is 3.59. The lowest BCUT2D eigenvalue weighted by Gasteiger charge is -2.07. The van der Waals surface area contributed by atoms with E-state index in [2.05, 4.69) is 5.32 Å². The standard InChI is InChI=1S/C12H18N2O2/c1-9-7-10(3-4-11(9)8-13)12(15)14-5-6-16-2/h3-4,7H,5-6,8,13H2,1-2H3,(H,14,15). The zero-order valence-corrected chi connectivity index (χ0v) is 9.75. The first kappa shape index (κ1) is 12.7. The molecule has 0 aliphatic carbocycles. The van der Waals surface area contributed by atoms with Gasteiger partial charge in [-0.3, -0.25) is 4.79 Å². The van der Waals surface area contributed by atoms with E-state index >= 15 is 0 Å². The number of hydrogen-bond donors (Lipinski definition) is 2. The average molecular weight is 222 g/mol. The number of amides is 1. The van der Waals surface area contributed by atoms with Crippen LogP contribution in [0.2, 0.25) is 0 Å². The Morgan fingerprint density at radius 1 is 1.50 bits per heavy atom. The van der Waals surface area contributed by atoms with E-state index in [0.29, 0.717) is 25.3 Å². The quantitative estimate of drug-likeness (QED) is 0.725. The van der Waals surface area contributed by atoms with Crippen LogP contribution < -0.4 is 11.1 Å². The molecular weight excluding hydrogens is 204 g/mol. The molecule has 4 heteroatoms. The van der Waals surface area contributed by atoms with Gasteiger partial charge in [-0.15, -0.1) is 0 Å². The Balaban J connectivity index is 2.66. The summed E-state index contributed by atoms with van der Waals surface area (Å²) in [7, 11) is 1.60. The van der Waals surface area contributed by atoms with Crippen molar-refractivity contribution in [2.24, 2.45) is 5.73 Å². The Morgan fingerprint density at radius 2 is 2.25 bits per heavy atom. The number of carbonyl (C=O) groups is 1. The largest absolute Gasteiger partial charge is 0.383 e. The van der Waals surface area contributed by atoms with Gasteiger partial charge in [-0.2, -0.15) is 0 Å². The molecule has 16 heavy (non-hydrogen) atoms. The van der Waals surface area contributed by atoms with Crippen molar-refractivity contribution in [1.29, 1.82) is 0 Å². The van der Waals surface area contributed by atoms with Crippen LogP contribution in [0.4, 0.5) is 0 Å². The van der Waals surface area contributed by atoms with Gasteiger partial charge in [-0.25, -0.2) is 0 Å². The zero-order chi connectivity index (χ0) is 12.0. The number of methoxy groups -OCH3 is 1. The van der Waals surface area contributed by atoms with Gasteiger partial charge < -0.3 is 15.8 Å². The highest BCUT2D eigenvalue weighted by molar-refractivity contribution is 5.94. The summed E-state index contributed by atoms with van der Waals surface area (Å²) in [6.45, 7) is 3.49. The highest BCUT2D eigenvalue weighted by Gasteiger charge is 2.06. The smallest absolute Gasteiger partial charge is 0.251 e. The van der Waals surface area contributed by atoms with Crippen molar-refractivity contribution in [2.75, 3.05) is 20.3 Å². The summed E-state index contributed by atoms with van der Waals surface area (Å²) < 4.78 is 4.86. The number of nitrogens with two attached hydrogens (primary N) is 1. The molecule has 1 rings (SSSR count). The van der Waals surface area contributed by atoms with E-state index in [9.17, 15) is 4.79 Å². The molecule has 0 atom stereocenters. The van der Waals surface area contributed by atoms with Crippen LogP contribution in [-0.2, 0) is 11.3 Å². The maximum absolute atomic E-state index is 11.7. The minimum absolute atomic E-state index is 0.0799. The number of carbonyl (C=O) groups excluding carboxylic acids is 1. The fourth-order valence-electron chi connectivity index (χ4n) is 1.43. The van der Waals surface area contributed by atoms with Crippen LogP contribution in [0.15, 0.2) is 18.2 Å². The van der Waals surface area contributed by atoms with Crippen molar-refractivity contribution in [3.05, 3.63) is 34.9 Å². The monoisotopic (exact) mass is 222 g/mol. The first-order valence-electron chi connectivity index (χ1n) is 5.25. The second-order valence-corrected chi connectivity index (χ2v) is 3.59. The van der Waals surface area contributed by atoms with Gasteiger partial charge in [-0.1, -0.05) is 6.07 Å². The minimum Gasteiger partial charge on any atom is -0.383 e. The van der Waals surface area contributed by atoms with E-state index in [4.69, 9.17) is 10.5 Å². The molecule has 3 N–H and O–H groups in total. The molecule has 0 saturated heterocycles. The molecule has 0 aliphatic rings.